The first kappa shape index (κ1) is 20.3. The second kappa shape index (κ2) is 7.44. The van der Waals surface area contributed by atoms with Crippen molar-refractivity contribution in [2.24, 2.45) is 0 Å². The molecule has 3 heterocycles. The standard InChI is InChI=1S/C30H26N4O/c1-4-26-31-24-15-35-25-14-18(10-12-22(25)27(24)32-26)17-9-11-21-23(13-17)19-7-5-6-8-20(19)28-29(21)34-30(33-28)16(2)3/h5-14,16H,4,15H2,1-3H3,(H,31,32)(H,33,34). The SMILES string of the molecule is CCc1nc2c([nH]1)COc1cc(-c3ccc4c(c3)c3ccccc3c3nc(C(C)C)[nH]c43)ccc1-2. The number of H-pyrrole nitrogens is 2. The van der Waals surface area contributed by atoms with Crippen LogP contribution in [-0.4, -0.2) is 19.9 Å². The van der Waals surface area contributed by atoms with Crippen molar-refractivity contribution in [1.82, 2.24) is 19.9 Å². The highest BCUT2D eigenvalue weighted by molar-refractivity contribution is 6.23. The first-order valence-corrected chi connectivity index (χ1v) is 12.3. The van der Waals surface area contributed by atoms with E-state index in [1.807, 2.05) is 0 Å². The zero-order valence-electron chi connectivity index (χ0n) is 20.1. The van der Waals surface area contributed by atoms with Crippen LogP contribution >= 0.6 is 0 Å². The molecule has 6 aromatic rings. The van der Waals surface area contributed by atoms with Crippen LogP contribution in [0, 0.1) is 0 Å². The lowest BCUT2D eigenvalue weighted by Gasteiger charge is -2.18. The summed E-state index contributed by atoms with van der Waals surface area (Å²) in [5.74, 6) is 3.26. The highest BCUT2D eigenvalue weighted by atomic mass is 16.5. The number of aryl methyl sites for hydroxylation is 1. The molecule has 2 N–H and O–H groups in total. The number of imidazole rings is 2. The highest BCUT2D eigenvalue weighted by Crippen LogP contribution is 2.41. The molecule has 1 aliphatic rings. The fraction of sp³-hybridized carbons (Fsp3) is 0.200. The van der Waals surface area contributed by atoms with Gasteiger partial charge in [0.2, 0.25) is 0 Å². The van der Waals surface area contributed by atoms with E-state index < -0.39 is 0 Å². The Balaban J connectivity index is 1.42. The number of fused-ring (bicyclic) bond motifs is 9. The van der Waals surface area contributed by atoms with Gasteiger partial charge in [0.1, 0.15) is 24.0 Å². The maximum Gasteiger partial charge on any atom is 0.130 e. The molecule has 0 aliphatic carbocycles. The predicted octanol–water partition coefficient (Wildman–Crippen LogP) is 7.50. The number of nitrogens with zero attached hydrogens (tertiary/aromatic N) is 2. The van der Waals surface area contributed by atoms with Gasteiger partial charge in [-0.1, -0.05) is 63.2 Å². The van der Waals surface area contributed by atoms with Gasteiger partial charge < -0.3 is 14.7 Å². The fourth-order valence-electron chi connectivity index (χ4n) is 5.27. The molecule has 7 rings (SSSR count). The van der Waals surface area contributed by atoms with Gasteiger partial charge in [0.05, 0.1) is 22.4 Å². The Labute approximate surface area is 203 Å². The molecule has 0 unspecified atom stereocenters. The van der Waals surface area contributed by atoms with Crippen LogP contribution in [0.25, 0.3) is 55.0 Å². The first-order valence-electron chi connectivity index (χ1n) is 12.3. The van der Waals surface area contributed by atoms with Crippen LogP contribution in [0.1, 0.15) is 44.0 Å². The Morgan fingerprint density at radius 1 is 0.857 bits per heavy atom. The Hall–Kier alpha value is -4.12. The second-order valence-corrected chi connectivity index (χ2v) is 9.67. The molecular weight excluding hydrogens is 432 g/mol. The van der Waals surface area contributed by atoms with E-state index in [0.717, 1.165) is 57.4 Å². The molecule has 0 saturated heterocycles. The molecule has 0 bridgehead atoms. The minimum absolute atomic E-state index is 0.342. The van der Waals surface area contributed by atoms with Crippen molar-refractivity contribution >= 4 is 32.6 Å². The van der Waals surface area contributed by atoms with E-state index in [0.29, 0.717) is 12.5 Å². The van der Waals surface area contributed by atoms with Crippen LogP contribution in [0.15, 0.2) is 60.7 Å². The quantitative estimate of drug-likeness (QED) is 0.270. The van der Waals surface area contributed by atoms with E-state index in [2.05, 4.69) is 91.4 Å². The van der Waals surface area contributed by atoms with Crippen LogP contribution in [0.3, 0.4) is 0 Å². The molecule has 5 nitrogen and oxygen atoms in total. The van der Waals surface area contributed by atoms with Crippen molar-refractivity contribution in [2.75, 3.05) is 0 Å². The average molecular weight is 459 g/mol. The van der Waals surface area contributed by atoms with Gasteiger partial charge in [-0.25, -0.2) is 9.97 Å². The topological polar surface area (TPSA) is 66.6 Å². The maximum absolute atomic E-state index is 6.13. The summed E-state index contributed by atoms with van der Waals surface area (Å²) in [4.78, 5) is 16.7. The van der Waals surface area contributed by atoms with Crippen LogP contribution in [-0.2, 0) is 13.0 Å². The molecule has 4 aromatic carbocycles. The molecule has 0 amide bonds. The molecule has 0 saturated carbocycles. The summed E-state index contributed by atoms with van der Waals surface area (Å²) in [6.45, 7) is 6.98. The molecule has 0 spiro atoms. The number of ether oxygens (including phenoxy) is 1. The van der Waals surface area contributed by atoms with E-state index in [1.165, 1.54) is 27.1 Å². The van der Waals surface area contributed by atoms with E-state index in [4.69, 9.17) is 14.7 Å². The fourth-order valence-corrected chi connectivity index (χ4v) is 5.27. The molecule has 35 heavy (non-hydrogen) atoms. The molecule has 1 aliphatic heterocycles. The average Bonchev–Trinajstić information content (AvgIpc) is 3.53. The van der Waals surface area contributed by atoms with E-state index >= 15 is 0 Å². The lowest BCUT2D eigenvalue weighted by atomic mass is 9.94. The highest BCUT2D eigenvalue weighted by Gasteiger charge is 2.22. The summed E-state index contributed by atoms with van der Waals surface area (Å²) in [7, 11) is 0. The smallest absolute Gasteiger partial charge is 0.130 e. The minimum atomic E-state index is 0.342. The van der Waals surface area contributed by atoms with Crippen LogP contribution in [0.5, 0.6) is 5.75 Å². The van der Waals surface area contributed by atoms with Crippen LogP contribution in [0.2, 0.25) is 0 Å². The third-order valence-electron chi connectivity index (χ3n) is 7.14. The molecule has 5 heteroatoms. The maximum atomic E-state index is 6.13. The number of aromatic nitrogens is 4. The van der Waals surface area contributed by atoms with Crippen molar-refractivity contribution in [3.63, 3.8) is 0 Å². The summed E-state index contributed by atoms with van der Waals surface area (Å²) in [5, 5.41) is 4.83. The second-order valence-electron chi connectivity index (χ2n) is 9.67. The summed E-state index contributed by atoms with van der Waals surface area (Å²) in [6.07, 6.45) is 0.883. The number of hydrogen-bond donors (Lipinski definition) is 2. The third-order valence-corrected chi connectivity index (χ3v) is 7.14. The van der Waals surface area contributed by atoms with Gasteiger partial charge in [-0.2, -0.15) is 0 Å². The minimum Gasteiger partial charge on any atom is -0.487 e. The normalized spacial score (nSPS) is 12.9. The van der Waals surface area contributed by atoms with Gasteiger partial charge in [-0.3, -0.25) is 0 Å². The molecule has 0 atom stereocenters. The Morgan fingerprint density at radius 2 is 1.66 bits per heavy atom. The van der Waals surface area contributed by atoms with E-state index in [-0.39, 0.29) is 0 Å². The van der Waals surface area contributed by atoms with Crippen molar-refractivity contribution in [2.45, 2.75) is 39.7 Å². The van der Waals surface area contributed by atoms with Crippen molar-refractivity contribution in [1.29, 1.82) is 0 Å². The van der Waals surface area contributed by atoms with Crippen LogP contribution < -0.4 is 4.74 Å². The van der Waals surface area contributed by atoms with E-state index in [1.54, 1.807) is 0 Å². The molecule has 0 radical (unpaired) electrons. The number of rotatable bonds is 3. The lowest BCUT2D eigenvalue weighted by Crippen LogP contribution is -2.05. The van der Waals surface area contributed by atoms with E-state index in [9.17, 15) is 0 Å². The molecule has 2 aromatic heterocycles. The van der Waals surface area contributed by atoms with Crippen molar-refractivity contribution < 1.29 is 4.74 Å². The Morgan fingerprint density at radius 3 is 2.49 bits per heavy atom. The van der Waals surface area contributed by atoms with Gasteiger partial charge in [0, 0.05) is 28.7 Å². The monoisotopic (exact) mass is 458 g/mol. The first-order chi connectivity index (χ1) is 17.1. The largest absolute Gasteiger partial charge is 0.487 e. The van der Waals surface area contributed by atoms with Crippen LogP contribution in [0.4, 0.5) is 0 Å². The predicted molar refractivity (Wildman–Crippen MR) is 142 cm³/mol. The summed E-state index contributed by atoms with van der Waals surface area (Å²) < 4.78 is 6.13. The molecule has 172 valence electrons. The number of benzene rings is 4. The van der Waals surface area contributed by atoms with Crippen molar-refractivity contribution in [3.05, 3.63) is 78.0 Å². The summed E-state index contributed by atoms with van der Waals surface area (Å²) in [5.41, 5.74) is 7.59. The van der Waals surface area contributed by atoms with Gasteiger partial charge >= 0.3 is 0 Å². The number of nitrogens with one attached hydrogen (secondary N) is 2. The third kappa shape index (κ3) is 3.01. The zero-order chi connectivity index (χ0) is 23.7. The number of aromatic amines is 2. The summed E-state index contributed by atoms with van der Waals surface area (Å²) >= 11 is 0. The Bertz CT molecular complexity index is 1770. The van der Waals surface area contributed by atoms with Gasteiger partial charge in [-0.05, 0) is 40.1 Å². The Kier molecular flexibility index (Phi) is 4.31. The number of hydrogen-bond acceptors (Lipinski definition) is 3. The van der Waals surface area contributed by atoms with Gasteiger partial charge in [0.15, 0.2) is 0 Å². The van der Waals surface area contributed by atoms with Crippen molar-refractivity contribution in [3.8, 4) is 28.1 Å². The van der Waals surface area contributed by atoms with Gasteiger partial charge in [0.25, 0.3) is 0 Å². The molecular formula is C30H26N4O. The lowest BCUT2D eigenvalue weighted by molar-refractivity contribution is 0.298. The zero-order valence-corrected chi connectivity index (χ0v) is 20.1. The van der Waals surface area contributed by atoms with Gasteiger partial charge in [-0.15, -0.1) is 0 Å². The molecule has 0 fully saturated rings. The summed E-state index contributed by atoms with van der Waals surface area (Å²) in [6, 6.07) is 21.8.